The second-order valence-electron chi connectivity index (χ2n) is 6.24. The number of aliphatic imine (C=N–C) groups is 1. The maximum atomic E-state index is 11.6. The van der Waals surface area contributed by atoms with Gasteiger partial charge in [0, 0.05) is 31.8 Å². The van der Waals surface area contributed by atoms with Crippen LogP contribution in [-0.4, -0.2) is 57.0 Å². The zero-order valence-corrected chi connectivity index (χ0v) is 16.3. The van der Waals surface area contributed by atoms with Crippen molar-refractivity contribution in [2.75, 3.05) is 39.3 Å². The molecule has 9 N–H and O–H groups in total. The summed E-state index contributed by atoms with van der Waals surface area (Å²) in [5, 5.41) is 8.80. The molecule has 0 aliphatic rings. The van der Waals surface area contributed by atoms with Crippen LogP contribution in [0.5, 0.6) is 0 Å². The third-order valence-electron chi connectivity index (χ3n) is 3.70. The molecule has 0 saturated heterocycles. The van der Waals surface area contributed by atoms with Gasteiger partial charge in [0.15, 0.2) is 5.96 Å². The maximum absolute atomic E-state index is 11.6. The van der Waals surface area contributed by atoms with Gasteiger partial charge in [0.1, 0.15) is 0 Å². The van der Waals surface area contributed by atoms with E-state index in [-0.39, 0.29) is 17.8 Å². The van der Waals surface area contributed by atoms with E-state index in [2.05, 4.69) is 20.9 Å². The molecule has 0 saturated carbocycles. The highest BCUT2D eigenvalue weighted by atomic mass is 16.2. The van der Waals surface area contributed by atoms with Crippen LogP contribution < -0.4 is 33.2 Å². The first kappa shape index (κ1) is 24.9. The van der Waals surface area contributed by atoms with Crippen molar-refractivity contribution in [2.45, 2.75) is 44.9 Å². The van der Waals surface area contributed by atoms with Crippen molar-refractivity contribution in [3.05, 3.63) is 12.2 Å². The summed E-state index contributed by atoms with van der Waals surface area (Å²) in [6.45, 7) is 4.37. The Labute approximate surface area is 162 Å². The highest BCUT2D eigenvalue weighted by Crippen LogP contribution is 1.99. The molecule has 0 unspecified atom stereocenters. The van der Waals surface area contributed by atoms with Crippen molar-refractivity contribution in [1.82, 2.24) is 16.0 Å². The molecule has 0 radical (unpaired) electrons. The second kappa shape index (κ2) is 18.7. The molecule has 9 nitrogen and oxygen atoms in total. The summed E-state index contributed by atoms with van der Waals surface area (Å²) >= 11 is 0. The van der Waals surface area contributed by atoms with Crippen molar-refractivity contribution in [3.8, 4) is 0 Å². The van der Waals surface area contributed by atoms with Gasteiger partial charge >= 0.3 is 0 Å². The average molecular weight is 384 g/mol. The van der Waals surface area contributed by atoms with Gasteiger partial charge in [0.05, 0.1) is 0 Å². The molecule has 0 aliphatic heterocycles. The van der Waals surface area contributed by atoms with Crippen molar-refractivity contribution in [3.63, 3.8) is 0 Å². The van der Waals surface area contributed by atoms with Gasteiger partial charge in [-0.3, -0.25) is 14.6 Å². The SMILES string of the molecule is NCCCNCCCCNC(=O)/C=C/C(=O)NCCCCCCN=C(N)N. The number of carbonyl (C=O) groups is 2. The van der Waals surface area contributed by atoms with Crippen LogP contribution in [0.25, 0.3) is 0 Å². The van der Waals surface area contributed by atoms with E-state index in [0.29, 0.717) is 26.2 Å². The number of hydrogen-bond donors (Lipinski definition) is 6. The second-order valence-corrected chi connectivity index (χ2v) is 6.24. The molecular formula is C18H37N7O2. The van der Waals surface area contributed by atoms with Crippen LogP contribution in [-0.2, 0) is 9.59 Å². The molecule has 0 spiro atoms. The Morgan fingerprint density at radius 3 is 1.85 bits per heavy atom. The molecule has 0 aromatic rings. The minimum absolute atomic E-state index is 0.119. The van der Waals surface area contributed by atoms with E-state index in [4.69, 9.17) is 17.2 Å². The third-order valence-corrected chi connectivity index (χ3v) is 3.70. The fourth-order valence-corrected chi connectivity index (χ4v) is 2.22. The van der Waals surface area contributed by atoms with Gasteiger partial charge in [-0.2, -0.15) is 0 Å². The van der Waals surface area contributed by atoms with Crippen LogP contribution in [0.15, 0.2) is 17.1 Å². The first-order valence-corrected chi connectivity index (χ1v) is 9.76. The van der Waals surface area contributed by atoms with Crippen molar-refractivity contribution >= 4 is 17.8 Å². The van der Waals surface area contributed by atoms with E-state index in [1.165, 1.54) is 12.2 Å². The standard InChI is InChI=1S/C18H37N7O2/c19-10-7-12-22-11-5-6-14-24-17(27)9-8-16(26)23-13-3-1-2-4-15-25-18(20)21/h8-9,22H,1-7,10-15,19H2,(H,23,26)(H,24,27)(H4,20,21,25)/b9-8+. The lowest BCUT2D eigenvalue weighted by Crippen LogP contribution is -2.26. The number of carbonyl (C=O) groups excluding carboxylic acids is 2. The van der Waals surface area contributed by atoms with E-state index < -0.39 is 0 Å². The summed E-state index contributed by atoms with van der Waals surface area (Å²) in [5.41, 5.74) is 15.9. The molecule has 0 atom stereocenters. The number of unbranched alkanes of at least 4 members (excludes halogenated alkanes) is 4. The zero-order chi connectivity index (χ0) is 20.2. The molecule has 0 aliphatic carbocycles. The van der Waals surface area contributed by atoms with E-state index in [1.54, 1.807) is 0 Å². The predicted octanol–water partition coefficient (Wildman–Crippen LogP) is -0.673. The van der Waals surface area contributed by atoms with Gasteiger partial charge in [-0.25, -0.2) is 0 Å². The van der Waals surface area contributed by atoms with Gasteiger partial charge in [0.2, 0.25) is 11.8 Å². The third kappa shape index (κ3) is 20.0. The van der Waals surface area contributed by atoms with E-state index >= 15 is 0 Å². The van der Waals surface area contributed by atoms with Crippen LogP contribution in [0.3, 0.4) is 0 Å². The number of nitrogens with zero attached hydrogens (tertiary/aromatic N) is 1. The fourth-order valence-electron chi connectivity index (χ4n) is 2.22. The number of nitrogens with one attached hydrogen (secondary N) is 3. The fraction of sp³-hybridized carbons (Fsp3) is 0.722. The molecule has 27 heavy (non-hydrogen) atoms. The normalized spacial score (nSPS) is 10.7. The Kier molecular flexibility index (Phi) is 17.2. The molecule has 2 amide bonds. The highest BCUT2D eigenvalue weighted by Gasteiger charge is 1.99. The van der Waals surface area contributed by atoms with E-state index in [9.17, 15) is 9.59 Å². The van der Waals surface area contributed by atoms with Crippen molar-refractivity contribution in [1.29, 1.82) is 0 Å². The predicted molar refractivity (Wildman–Crippen MR) is 110 cm³/mol. The lowest BCUT2D eigenvalue weighted by Gasteiger charge is -2.04. The van der Waals surface area contributed by atoms with Crippen LogP contribution in [0, 0.1) is 0 Å². The van der Waals surface area contributed by atoms with Gasteiger partial charge in [-0.05, 0) is 51.7 Å². The van der Waals surface area contributed by atoms with Gasteiger partial charge < -0.3 is 33.2 Å². The molecule has 0 heterocycles. The van der Waals surface area contributed by atoms with Crippen molar-refractivity contribution < 1.29 is 9.59 Å². The molecular weight excluding hydrogens is 346 g/mol. The summed E-state index contributed by atoms with van der Waals surface area (Å²) in [6.07, 6.45) is 9.20. The number of hydrogen-bond acceptors (Lipinski definition) is 5. The Morgan fingerprint density at radius 2 is 1.26 bits per heavy atom. The summed E-state index contributed by atoms with van der Waals surface area (Å²) < 4.78 is 0. The Morgan fingerprint density at radius 1 is 0.741 bits per heavy atom. The van der Waals surface area contributed by atoms with Gasteiger partial charge in [0.25, 0.3) is 0 Å². The van der Waals surface area contributed by atoms with Gasteiger partial charge in [-0.15, -0.1) is 0 Å². The smallest absolute Gasteiger partial charge is 0.244 e. The first-order chi connectivity index (χ1) is 13.1. The maximum Gasteiger partial charge on any atom is 0.244 e. The number of guanidine groups is 1. The van der Waals surface area contributed by atoms with E-state index in [1.807, 2.05) is 0 Å². The Hall–Kier alpha value is -2.13. The number of rotatable bonds is 17. The lowest BCUT2D eigenvalue weighted by molar-refractivity contribution is -0.118. The van der Waals surface area contributed by atoms with Gasteiger partial charge in [-0.1, -0.05) is 12.8 Å². The topological polar surface area (TPSA) is 161 Å². The summed E-state index contributed by atoms with van der Waals surface area (Å²) in [5.74, 6) is -0.385. The lowest BCUT2D eigenvalue weighted by atomic mass is 10.2. The highest BCUT2D eigenvalue weighted by molar-refractivity contribution is 5.96. The van der Waals surface area contributed by atoms with Crippen LogP contribution in [0.1, 0.15) is 44.9 Å². The van der Waals surface area contributed by atoms with Crippen LogP contribution >= 0.6 is 0 Å². The van der Waals surface area contributed by atoms with Crippen LogP contribution in [0.2, 0.25) is 0 Å². The minimum atomic E-state index is -0.255. The molecule has 0 aromatic heterocycles. The number of amides is 2. The largest absolute Gasteiger partial charge is 0.370 e. The summed E-state index contributed by atoms with van der Waals surface area (Å²) in [6, 6.07) is 0. The Bertz CT molecular complexity index is 449. The summed E-state index contributed by atoms with van der Waals surface area (Å²) in [7, 11) is 0. The first-order valence-electron chi connectivity index (χ1n) is 9.76. The zero-order valence-electron chi connectivity index (χ0n) is 16.3. The summed E-state index contributed by atoms with van der Waals surface area (Å²) in [4.78, 5) is 27.1. The molecule has 0 bridgehead atoms. The monoisotopic (exact) mass is 383 g/mol. The van der Waals surface area contributed by atoms with E-state index in [0.717, 1.165) is 58.0 Å². The molecule has 156 valence electrons. The Balaban J connectivity index is 3.50. The molecule has 0 fully saturated rings. The molecule has 0 rings (SSSR count). The quantitative estimate of drug-likeness (QED) is 0.0845. The van der Waals surface area contributed by atoms with Crippen LogP contribution in [0.4, 0.5) is 0 Å². The molecule has 9 heteroatoms. The van der Waals surface area contributed by atoms with Crippen molar-refractivity contribution in [2.24, 2.45) is 22.2 Å². The average Bonchev–Trinajstić information content (AvgIpc) is 2.64. The molecule has 0 aromatic carbocycles. The number of nitrogens with two attached hydrogens (primary N) is 3. The minimum Gasteiger partial charge on any atom is -0.370 e.